The molecule has 0 spiro atoms. The lowest BCUT2D eigenvalue weighted by Gasteiger charge is -2.18. The van der Waals surface area contributed by atoms with Crippen molar-refractivity contribution in [2.75, 3.05) is 11.1 Å². The van der Waals surface area contributed by atoms with E-state index in [1.165, 1.54) is 60.8 Å². The van der Waals surface area contributed by atoms with Gasteiger partial charge >= 0.3 is 0 Å². The van der Waals surface area contributed by atoms with Gasteiger partial charge in [-0.25, -0.2) is 0 Å². The van der Waals surface area contributed by atoms with E-state index in [0.717, 1.165) is 16.6 Å². The number of hydrogen-bond donors (Lipinski definition) is 1. The number of anilines is 1. The van der Waals surface area contributed by atoms with Gasteiger partial charge in [0.25, 0.3) is 0 Å². The molecule has 0 bridgehead atoms. The molecule has 1 atom stereocenters. The van der Waals surface area contributed by atoms with Crippen molar-refractivity contribution < 1.29 is 9.53 Å². The van der Waals surface area contributed by atoms with E-state index in [2.05, 4.69) is 25.7 Å². The van der Waals surface area contributed by atoms with Crippen molar-refractivity contribution in [3.05, 3.63) is 40.7 Å². The van der Waals surface area contributed by atoms with Gasteiger partial charge in [-0.1, -0.05) is 60.1 Å². The number of carbonyl (C=O) groups is 1. The molecule has 176 valence electrons. The highest BCUT2D eigenvalue weighted by atomic mass is 32.2. The zero-order chi connectivity index (χ0) is 23.2. The van der Waals surface area contributed by atoms with Crippen molar-refractivity contribution in [1.82, 2.24) is 25.0 Å². The van der Waals surface area contributed by atoms with E-state index in [9.17, 15) is 4.79 Å². The zero-order valence-corrected chi connectivity index (χ0v) is 20.9. The smallest absolute Gasteiger partial charge is 0.236 e. The van der Waals surface area contributed by atoms with Crippen LogP contribution in [0, 0.1) is 6.92 Å². The average Bonchev–Trinajstić information content (AvgIpc) is 3.46. The number of nitrogens with one attached hydrogen (secondary N) is 1. The first-order valence-corrected chi connectivity index (χ1v) is 13.3. The van der Waals surface area contributed by atoms with E-state index >= 15 is 0 Å². The molecule has 0 aliphatic heterocycles. The maximum absolute atomic E-state index is 12.5. The third-order valence-corrected chi connectivity index (χ3v) is 7.70. The van der Waals surface area contributed by atoms with E-state index in [-0.39, 0.29) is 17.8 Å². The number of hydrogen-bond acceptors (Lipinski definition) is 8. The Kier molecular flexibility index (Phi) is 7.97. The predicted octanol–water partition coefficient (Wildman–Crippen LogP) is 5.38. The fraction of sp³-hybridized carbons (Fsp3) is 0.522. The maximum atomic E-state index is 12.5. The van der Waals surface area contributed by atoms with E-state index in [1.54, 1.807) is 0 Å². The highest BCUT2D eigenvalue weighted by molar-refractivity contribution is 7.99. The minimum Gasteiger partial charge on any atom is -0.483 e. The lowest BCUT2D eigenvalue weighted by Crippen LogP contribution is -2.15. The molecule has 10 heteroatoms. The third kappa shape index (κ3) is 6.11. The topological polar surface area (TPSA) is 94.8 Å². The molecule has 1 amide bonds. The molecule has 4 rings (SSSR count). The number of ether oxygens (including phenoxy) is 1. The largest absolute Gasteiger partial charge is 0.483 e. The van der Waals surface area contributed by atoms with Crippen molar-refractivity contribution in [3.63, 3.8) is 0 Å². The van der Waals surface area contributed by atoms with E-state index in [0.29, 0.717) is 22.8 Å². The number of aromatic nitrogens is 5. The number of carbonyl (C=O) groups excluding carboxylic acids is 1. The van der Waals surface area contributed by atoms with Gasteiger partial charge in [0.05, 0.1) is 5.75 Å². The summed E-state index contributed by atoms with van der Waals surface area (Å²) in [5, 5.41) is 22.3. The third-order valence-electron chi connectivity index (χ3n) is 5.73. The summed E-state index contributed by atoms with van der Waals surface area (Å²) < 4.78 is 8.03. The van der Waals surface area contributed by atoms with E-state index < -0.39 is 0 Å². The van der Waals surface area contributed by atoms with Crippen LogP contribution in [0.15, 0.2) is 29.4 Å². The molecule has 0 saturated heterocycles. The number of nitrogens with zero attached hydrogens (tertiary/aromatic N) is 5. The molecular weight excluding hydrogens is 456 g/mol. The number of rotatable bonds is 9. The summed E-state index contributed by atoms with van der Waals surface area (Å²) in [5.74, 6) is 2.12. The molecular formula is C23H30N6O2S2. The Labute approximate surface area is 202 Å². The van der Waals surface area contributed by atoms with Gasteiger partial charge in [-0.15, -0.1) is 20.4 Å². The summed E-state index contributed by atoms with van der Waals surface area (Å²) in [6.07, 6.45) is 5.87. The molecule has 1 saturated carbocycles. The molecule has 1 aliphatic rings. The van der Waals surface area contributed by atoms with Gasteiger partial charge < -0.3 is 9.30 Å². The van der Waals surface area contributed by atoms with Crippen LogP contribution in [-0.2, 0) is 11.3 Å². The van der Waals surface area contributed by atoms with Crippen molar-refractivity contribution >= 4 is 34.1 Å². The van der Waals surface area contributed by atoms with Crippen LogP contribution in [-0.4, -0.2) is 36.6 Å². The number of benzene rings is 1. The van der Waals surface area contributed by atoms with Gasteiger partial charge in [-0.05, 0) is 45.7 Å². The molecule has 0 radical (unpaired) electrons. The van der Waals surface area contributed by atoms with Gasteiger partial charge in [0.15, 0.2) is 17.1 Å². The lowest BCUT2D eigenvalue weighted by atomic mass is 9.90. The predicted molar refractivity (Wildman–Crippen MR) is 131 cm³/mol. The second-order valence-corrected chi connectivity index (χ2v) is 10.2. The zero-order valence-electron chi connectivity index (χ0n) is 19.3. The monoisotopic (exact) mass is 486 g/mol. The van der Waals surface area contributed by atoms with Crippen LogP contribution in [0.2, 0.25) is 0 Å². The summed E-state index contributed by atoms with van der Waals surface area (Å²) in [7, 11) is 0. The summed E-state index contributed by atoms with van der Waals surface area (Å²) in [4.78, 5) is 12.5. The van der Waals surface area contributed by atoms with Crippen LogP contribution in [0.1, 0.15) is 74.4 Å². The Morgan fingerprint density at radius 3 is 2.67 bits per heavy atom. The molecule has 1 aromatic carbocycles. The van der Waals surface area contributed by atoms with Crippen LogP contribution in [0.25, 0.3) is 0 Å². The Balaban J connectivity index is 1.32. The van der Waals surface area contributed by atoms with Crippen LogP contribution in [0.5, 0.6) is 5.75 Å². The SMILES string of the molecule is CCn1c(SCC(=O)Nc2nnc(C3CCCCC3)s2)nnc1C(C)Oc1ccc(C)cc1. The van der Waals surface area contributed by atoms with Crippen molar-refractivity contribution in [1.29, 1.82) is 0 Å². The molecule has 33 heavy (non-hydrogen) atoms. The number of thioether (sulfide) groups is 1. The van der Waals surface area contributed by atoms with E-state index in [1.807, 2.05) is 49.6 Å². The van der Waals surface area contributed by atoms with E-state index in [4.69, 9.17) is 4.74 Å². The Bertz CT molecular complexity index is 1060. The van der Waals surface area contributed by atoms with Crippen LogP contribution in [0.3, 0.4) is 0 Å². The van der Waals surface area contributed by atoms with Gasteiger partial charge in [0.2, 0.25) is 11.0 Å². The van der Waals surface area contributed by atoms with Crippen LogP contribution >= 0.6 is 23.1 Å². The van der Waals surface area contributed by atoms with Crippen molar-refractivity contribution in [3.8, 4) is 5.75 Å². The van der Waals surface area contributed by atoms with Crippen LogP contribution in [0.4, 0.5) is 5.13 Å². The van der Waals surface area contributed by atoms with Crippen LogP contribution < -0.4 is 10.1 Å². The molecule has 1 N–H and O–H groups in total. The first kappa shape index (κ1) is 23.7. The van der Waals surface area contributed by atoms with Crippen molar-refractivity contribution in [2.24, 2.45) is 0 Å². The molecule has 3 aromatic rings. The van der Waals surface area contributed by atoms with Gasteiger partial charge in [0.1, 0.15) is 10.8 Å². The molecule has 2 heterocycles. The molecule has 1 fully saturated rings. The average molecular weight is 487 g/mol. The maximum Gasteiger partial charge on any atom is 0.236 e. The first-order valence-electron chi connectivity index (χ1n) is 11.5. The quantitative estimate of drug-likeness (QED) is 0.406. The normalized spacial score (nSPS) is 15.4. The molecule has 1 aliphatic carbocycles. The standard InChI is InChI=1S/C23H30N6O2S2/c1-4-29-20(16(3)31-18-12-10-15(2)11-13-18)25-28-23(29)32-14-19(30)24-22-27-26-21(33-22)17-8-6-5-7-9-17/h10-13,16-17H,4-9,14H2,1-3H3,(H,24,27,30). The first-order chi connectivity index (χ1) is 16.0. The Morgan fingerprint density at radius 1 is 1.18 bits per heavy atom. The number of amides is 1. The highest BCUT2D eigenvalue weighted by Crippen LogP contribution is 2.35. The van der Waals surface area contributed by atoms with Gasteiger partial charge in [0, 0.05) is 12.5 Å². The Hall–Kier alpha value is -2.46. The van der Waals surface area contributed by atoms with Gasteiger partial charge in [-0.2, -0.15) is 0 Å². The second kappa shape index (κ2) is 11.1. The second-order valence-electron chi connectivity index (χ2n) is 8.28. The summed E-state index contributed by atoms with van der Waals surface area (Å²) in [6, 6.07) is 7.93. The summed E-state index contributed by atoms with van der Waals surface area (Å²) in [5.41, 5.74) is 1.18. The summed E-state index contributed by atoms with van der Waals surface area (Å²) in [6.45, 7) is 6.72. The summed E-state index contributed by atoms with van der Waals surface area (Å²) >= 11 is 2.85. The minimum atomic E-state index is -0.261. The fourth-order valence-electron chi connectivity index (χ4n) is 3.96. The molecule has 8 nitrogen and oxygen atoms in total. The molecule has 1 unspecified atom stereocenters. The molecule has 2 aromatic heterocycles. The highest BCUT2D eigenvalue weighted by Gasteiger charge is 2.22. The van der Waals surface area contributed by atoms with Gasteiger partial charge in [-0.3, -0.25) is 10.1 Å². The Morgan fingerprint density at radius 2 is 1.94 bits per heavy atom. The van der Waals surface area contributed by atoms with Crippen molar-refractivity contribution in [2.45, 2.75) is 76.6 Å². The minimum absolute atomic E-state index is 0.123. The fourth-order valence-corrected chi connectivity index (χ4v) is 5.70. The number of aryl methyl sites for hydroxylation is 1. The lowest BCUT2D eigenvalue weighted by molar-refractivity contribution is -0.113.